The molecule has 0 saturated carbocycles. The first-order valence-corrected chi connectivity index (χ1v) is 15.7. The van der Waals surface area contributed by atoms with E-state index in [1.165, 1.54) is 0 Å². The maximum absolute atomic E-state index is 12.9. The molecule has 2 aromatic rings. The molecule has 1 aliphatic heterocycles. The molecule has 0 unspecified atom stereocenters. The smallest absolute Gasteiger partial charge is 0.409 e. The van der Waals surface area contributed by atoms with E-state index in [1.807, 2.05) is 6.92 Å². The average Bonchev–Trinajstić information content (AvgIpc) is 3.18. The van der Waals surface area contributed by atoms with Crippen molar-refractivity contribution < 1.29 is 29.3 Å². The Kier molecular flexibility index (Phi) is 8.74. The van der Waals surface area contributed by atoms with E-state index >= 15 is 0 Å². The fourth-order valence-corrected chi connectivity index (χ4v) is 4.74. The number of carbonyl (C=O) groups excluding carboxylic acids is 1. The summed E-state index contributed by atoms with van der Waals surface area (Å²) in [6, 6.07) is 5.23. The fourth-order valence-electron chi connectivity index (χ4n) is 3.99. The monoisotopic (exact) mass is 517 g/mol. The number of carboxylic acid groups (broad SMARTS) is 2. The normalized spacial score (nSPS) is 18.3. The number of hydrogen-bond donors (Lipinski definition) is 5. The SMILES string of the molecule is C[C@@H]1CCC[C@H](NC(=O)O)c2nc(cn2COCC[Si](C)(C)C)-c2ccc(NC(=O)O)cc2NC1=O. The molecule has 0 spiro atoms. The van der Waals surface area contributed by atoms with Gasteiger partial charge < -0.3 is 30.2 Å². The predicted molar refractivity (Wildman–Crippen MR) is 139 cm³/mol. The molecule has 36 heavy (non-hydrogen) atoms. The molecule has 0 fully saturated rings. The van der Waals surface area contributed by atoms with Gasteiger partial charge in [-0.3, -0.25) is 10.1 Å². The van der Waals surface area contributed by atoms with E-state index in [0.29, 0.717) is 54.3 Å². The molecule has 12 heteroatoms. The van der Waals surface area contributed by atoms with E-state index in [2.05, 4.69) is 35.6 Å². The minimum absolute atomic E-state index is 0.207. The molecule has 5 N–H and O–H groups in total. The van der Waals surface area contributed by atoms with E-state index in [1.54, 1.807) is 29.0 Å². The lowest BCUT2D eigenvalue weighted by Crippen LogP contribution is -2.30. The number of rotatable bonds is 7. The highest BCUT2D eigenvalue weighted by Crippen LogP contribution is 2.33. The Morgan fingerprint density at radius 2 is 1.97 bits per heavy atom. The molecule has 11 nitrogen and oxygen atoms in total. The van der Waals surface area contributed by atoms with Crippen LogP contribution < -0.4 is 16.0 Å². The van der Waals surface area contributed by atoms with Crippen LogP contribution in [0.3, 0.4) is 0 Å². The van der Waals surface area contributed by atoms with Crippen LogP contribution in [0, 0.1) is 5.92 Å². The first kappa shape index (κ1) is 27.2. The van der Waals surface area contributed by atoms with Crippen LogP contribution in [-0.4, -0.2) is 52.5 Å². The predicted octanol–water partition coefficient (Wildman–Crippen LogP) is 5.02. The molecule has 1 aliphatic rings. The Hall–Kier alpha value is -3.38. The van der Waals surface area contributed by atoms with E-state index < -0.39 is 26.3 Å². The van der Waals surface area contributed by atoms with Crippen LogP contribution in [0.2, 0.25) is 25.7 Å². The lowest BCUT2D eigenvalue weighted by atomic mass is 9.99. The summed E-state index contributed by atoms with van der Waals surface area (Å²) in [4.78, 5) is 40.4. The summed E-state index contributed by atoms with van der Waals surface area (Å²) in [5, 5.41) is 26.4. The Morgan fingerprint density at radius 3 is 2.64 bits per heavy atom. The van der Waals surface area contributed by atoms with Crippen molar-refractivity contribution >= 4 is 37.5 Å². The van der Waals surface area contributed by atoms with Gasteiger partial charge in [0.2, 0.25) is 5.91 Å². The highest BCUT2D eigenvalue weighted by Gasteiger charge is 2.25. The van der Waals surface area contributed by atoms with Crippen molar-refractivity contribution in [1.29, 1.82) is 0 Å². The van der Waals surface area contributed by atoms with Crippen molar-refractivity contribution in [3.63, 3.8) is 0 Å². The van der Waals surface area contributed by atoms with Crippen LogP contribution in [0.25, 0.3) is 11.3 Å². The molecule has 196 valence electrons. The maximum Gasteiger partial charge on any atom is 0.409 e. The largest absolute Gasteiger partial charge is 0.465 e. The van der Waals surface area contributed by atoms with E-state index in [9.17, 15) is 19.5 Å². The second kappa shape index (κ2) is 11.6. The second-order valence-corrected chi connectivity index (χ2v) is 15.9. The van der Waals surface area contributed by atoms with Gasteiger partial charge >= 0.3 is 12.2 Å². The number of amides is 3. The van der Waals surface area contributed by atoms with Crippen LogP contribution >= 0.6 is 0 Å². The molecule has 2 atom stereocenters. The molecule has 1 aromatic heterocycles. The molecule has 2 bridgehead atoms. The summed E-state index contributed by atoms with van der Waals surface area (Å²) in [5.41, 5.74) is 1.82. The first-order valence-electron chi connectivity index (χ1n) is 12.0. The summed E-state index contributed by atoms with van der Waals surface area (Å²) in [6.07, 6.45) is 1.03. The third kappa shape index (κ3) is 7.56. The summed E-state index contributed by atoms with van der Waals surface area (Å²) in [7, 11) is -1.28. The molecular weight excluding hydrogens is 482 g/mol. The topological polar surface area (TPSA) is 155 Å². The Bertz CT molecular complexity index is 1110. The van der Waals surface area contributed by atoms with Gasteiger partial charge in [-0.25, -0.2) is 14.6 Å². The summed E-state index contributed by atoms with van der Waals surface area (Å²) >= 11 is 0. The minimum Gasteiger partial charge on any atom is -0.465 e. The third-order valence-electron chi connectivity index (χ3n) is 6.03. The molecule has 3 amide bonds. The summed E-state index contributed by atoms with van der Waals surface area (Å²) < 4.78 is 7.75. The number of nitrogens with zero attached hydrogens (tertiary/aromatic N) is 2. The number of benzene rings is 1. The molecule has 3 rings (SSSR count). The quantitative estimate of drug-likeness (QED) is 0.255. The lowest BCUT2D eigenvalue weighted by Gasteiger charge is -2.20. The van der Waals surface area contributed by atoms with Crippen LogP contribution in [0.4, 0.5) is 21.0 Å². The molecule has 1 aromatic carbocycles. The van der Waals surface area contributed by atoms with E-state index in [-0.39, 0.29) is 18.6 Å². The van der Waals surface area contributed by atoms with Gasteiger partial charge in [0.15, 0.2) is 0 Å². The first-order chi connectivity index (χ1) is 16.9. The zero-order chi connectivity index (χ0) is 26.5. The van der Waals surface area contributed by atoms with Gasteiger partial charge in [-0.05, 0) is 37.1 Å². The van der Waals surface area contributed by atoms with Gasteiger partial charge in [0.25, 0.3) is 0 Å². The van der Waals surface area contributed by atoms with Gasteiger partial charge in [0, 0.05) is 38.0 Å². The van der Waals surface area contributed by atoms with Gasteiger partial charge in [-0.1, -0.05) is 33.0 Å². The number of aromatic nitrogens is 2. The van der Waals surface area contributed by atoms with Crippen molar-refractivity contribution in [2.24, 2.45) is 5.92 Å². The number of hydrogen-bond acceptors (Lipinski definition) is 5. The Morgan fingerprint density at radius 1 is 1.22 bits per heavy atom. The molecule has 2 heterocycles. The average molecular weight is 518 g/mol. The van der Waals surface area contributed by atoms with Crippen LogP contribution in [0.5, 0.6) is 0 Å². The van der Waals surface area contributed by atoms with Gasteiger partial charge in [0.1, 0.15) is 12.6 Å². The molecule has 0 saturated heterocycles. The number of nitrogens with one attached hydrogen (secondary N) is 3. The zero-order valence-corrected chi connectivity index (χ0v) is 22.1. The highest BCUT2D eigenvalue weighted by atomic mass is 28.3. The number of anilines is 2. The van der Waals surface area contributed by atoms with Crippen molar-refractivity contribution in [3.8, 4) is 11.3 Å². The van der Waals surface area contributed by atoms with Crippen LogP contribution in [0.15, 0.2) is 24.4 Å². The Balaban J connectivity index is 2.05. The number of fused-ring (bicyclic) bond motifs is 4. The van der Waals surface area contributed by atoms with Crippen molar-refractivity contribution in [2.75, 3.05) is 17.2 Å². The maximum atomic E-state index is 12.9. The van der Waals surface area contributed by atoms with Crippen molar-refractivity contribution in [3.05, 3.63) is 30.2 Å². The number of imidazole rings is 1. The van der Waals surface area contributed by atoms with Gasteiger partial charge in [0.05, 0.1) is 17.4 Å². The van der Waals surface area contributed by atoms with Crippen LogP contribution in [0.1, 0.15) is 38.1 Å². The molecule has 0 aliphatic carbocycles. The molecular formula is C24H35N5O6Si. The Labute approximate surface area is 211 Å². The summed E-state index contributed by atoms with van der Waals surface area (Å²) in [5.74, 6) is -0.00607. The van der Waals surface area contributed by atoms with Gasteiger partial charge in [-0.15, -0.1) is 0 Å². The minimum atomic E-state index is -1.28. The number of ether oxygens (including phenoxy) is 1. The van der Waals surface area contributed by atoms with Crippen molar-refractivity contribution in [2.45, 2.75) is 64.6 Å². The zero-order valence-electron chi connectivity index (χ0n) is 21.1. The highest BCUT2D eigenvalue weighted by molar-refractivity contribution is 6.76. The van der Waals surface area contributed by atoms with Crippen LogP contribution in [-0.2, 0) is 16.3 Å². The van der Waals surface area contributed by atoms with E-state index in [4.69, 9.17) is 14.8 Å². The fraction of sp³-hybridized carbons (Fsp3) is 0.500. The second-order valence-electron chi connectivity index (χ2n) is 10.3. The lowest BCUT2D eigenvalue weighted by molar-refractivity contribution is -0.119. The molecule has 0 radical (unpaired) electrons. The summed E-state index contributed by atoms with van der Waals surface area (Å²) in [6.45, 7) is 9.42. The van der Waals surface area contributed by atoms with E-state index in [0.717, 1.165) is 6.04 Å². The standard InChI is InChI=1S/C24H35N5O6Si/c1-15-6-5-7-18(28-24(33)34)21-26-20(13-29(21)14-35-10-11-36(2,3)4)17-9-8-16(25-23(31)32)12-19(17)27-22(15)30/h8-9,12-13,15,18,25,28H,5-7,10-11,14H2,1-4H3,(H,27,30)(H,31,32)(H,33,34)/t15-,18+/m1/s1. The van der Waals surface area contributed by atoms with Gasteiger partial charge in [-0.2, -0.15) is 0 Å². The number of carbonyl (C=O) groups is 3. The third-order valence-corrected chi connectivity index (χ3v) is 7.73. The van der Waals surface area contributed by atoms with Crippen molar-refractivity contribution in [1.82, 2.24) is 14.9 Å².